The Hall–Kier alpha value is -1.65. The van der Waals surface area contributed by atoms with Gasteiger partial charge in [-0.3, -0.25) is 4.79 Å². The second kappa shape index (κ2) is 5.12. The molecule has 90 valence electrons. The van der Waals surface area contributed by atoms with Gasteiger partial charge in [0, 0.05) is 36.9 Å². The Morgan fingerprint density at radius 1 is 1.12 bits per heavy atom. The van der Waals surface area contributed by atoms with Gasteiger partial charge >= 0.3 is 0 Å². The molecule has 4 nitrogen and oxygen atoms in total. The highest BCUT2D eigenvalue weighted by Gasteiger charge is 2.03. The molecule has 0 atom stereocenters. The summed E-state index contributed by atoms with van der Waals surface area (Å²) in [6, 6.07) is 7.26. The monoisotopic (exact) mass is 233 g/mol. The van der Waals surface area contributed by atoms with Gasteiger partial charge in [0.2, 0.25) is 0 Å². The summed E-state index contributed by atoms with van der Waals surface area (Å²) in [5.41, 5.74) is 2.60. The molecular weight excluding hydrogens is 218 g/mol. The van der Waals surface area contributed by atoms with Crippen molar-refractivity contribution >= 4 is 10.9 Å². The zero-order valence-electron chi connectivity index (χ0n) is 9.95. The van der Waals surface area contributed by atoms with Gasteiger partial charge in [-0.1, -0.05) is 6.07 Å². The fourth-order valence-electron chi connectivity index (χ4n) is 1.84. The van der Waals surface area contributed by atoms with Crippen LogP contribution in [-0.4, -0.2) is 19.2 Å². The third-order valence-corrected chi connectivity index (χ3v) is 2.56. The summed E-state index contributed by atoms with van der Waals surface area (Å²) in [5.74, 6) is 0. The van der Waals surface area contributed by atoms with Crippen molar-refractivity contribution in [3.05, 3.63) is 45.7 Å². The van der Waals surface area contributed by atoms with Crippen LogP contribution in [0.2, 0.25) is 0 Å². The number of aromatic amines is 1. The molecule has 0 unspecified atom stereocenters. The van der Waals surface area contributed by atoms with Crippen molar-refractivity contribution in [1.29, 1.82) is 0 Å². The quantitative estimate of drug-likeness (QED) is 0.876. The number of pyridine rings is 1. The molecule has 0 saturated carbocycles. The van der Waals surface area contributed by atoms with Gasteiger partial charge in [0.05, 0.1) is 13.2 Å². The summed E-state index contributed by atoms with van der Waals surface area (Å²) in [4.78, 5) is 15.1. The summed E-state index contributed by atoms with van der Waals surface area (Å²) in [6.45, 7) is 0.917. The van der Waals surface area contributed by atoms with Crippen molar-refractivity contribution < 1.29 is 9.47 Å². The van der Waals surface area contributed by atoms with Crippen LogP contribution in [0.1, 0.15) is 11.3 Å². The molecule has 0 bridgehead atoms. The van der Waals surface area contributed by atoms with E-state index in [0.29, 0.717) is 18.6 Å². The molecule has 0 aliphatic carbocycles. The minimum Gasteiger partial charge on any atom is -0.380 e. The third-order valence-electron chi connectivity index (χ3n) is 2.56. The first kappa shape index (κ1) is 11.8. The van der Waals surface area contributed by atoms with Crippen molar-refractivity contribution in [3.8, 4) is 0 Å². The number of nitrogens with one attached hydrogen (secondary N) is 1. The Bertz CT molecular complexity index is 574. The Morgan fingerprint density at radius 3 is 2.59 bits per heavy atom. The maximum Gasteiger partial charge on any atom is 0.189 e. The van der Waals surface area contributed by atoms with Crippen LogP contribution >= 0.6 is 0 Å². The van der Waals surface area contributed by atoms with Crippen LogP contribution in [0.15, 0.2) is 29.1 Å². The van der Waals surface area contributed by atoms with Crippen LogP contribution in [0.3, 0.4) is 0 Å². The average molecular weight is 233 g/mol. The first-order valence-corrected chi connectivity index (χ1v) is 5.37. The Balaban J connectivity index is 2.52. The van der Waals surface area contributed by atoms with Gasteiger partial charge in [-0.2, -0.15) is 0 Å². The molecular formula is C13H15NO3. The van der Waals surface area contributed by atoms with Gasteiger partial charge in [-0.25, -0.2) is 0 Å². The highest BCUT2D eigenvalue weighted by atomic mass is 16.5. The zero-order valence-corrected chi connectivity index (χ0v) is 9.95. The smallest absolute Gasteiger partial charge is 0.189 e. The lowest BCUT2D eigenvalue weighted by Gasteiger charge is -2.05. The lowest BCUT2D eigenvalue weighted by molar-refractivity contribution is 0.181. The number of hydrogen-bond acceptors (Lipinski definition) is 3. The second-order valence-electron chi connectivity index (χ2n) is 3.90. The van der Waals surface area contributed by atoms with E-state index in [4.69, 9.17) is 9.47 Å². The number of aromatic nitrogens is 1. The molecule has 0 amide bonds. The Morgan fingerprint density at radius 2 is 1.88 bits per heavy atom. The van der Waals surface area contributed by atoms with Crippen LogP contribution in [0.25, 0.3) is 10.9 Å². The summed E-state index contributed by atoms with van der Waals surface area (Å²) >= 11 is 0. The maximum atomic E-state index is 11.9. The molecule has 4 heteroatoms. The van der Waals surface area contributed by atoms with E-state index in [0.717, 1.165) is 16.8 Å². The molecule has 0 spiro atoms. The number of methoxy groups -OCH3 is 2. The van der Waals surface area contributed by atoms with Crippen molar-refractivity contribution in [3.63, 3.8) is 0 Å². The molecule has 0 fully saturated rings. The number of benzene rings is 1. The fourth-order valence-corrected chi connectivity index (χ4v) is 1.84. The van der Waals surface area contributed by atoms with E-state index < -0.39 is 0 Å². The predicted molar refractivity (Wildman–Crippen MR) is 66.0 cm³/mol. The lowest BCUT2D eigenvalue weighted by atomic mass is 10.1. The van der Waals surface area contributed by atoms with Crippen LogP contribution in [0, 0.1) is 0 Å². The lowest BCUT2D eigenvalue weighted by Crippen LogP contribution is -2.06. The third kappa shape index (κ3) is 2.54. The molecule has 1 heterocycles. The predicted octanol–water partition coefficient (Wildman–Crippen LogP) is 1.82. The first-order valence-electron chi connectivity index (χ1n) is 5.37. The van der Waals surface area contributed by atoms with Crippen molar-refractivity contribution in [1.82, 2.24) is 4.98 Å². The molecule has 1 N–H and O–H groups in total. The molecule has 0 saturated heterocycles. The van der Waals surface area contributed by atoms with E-state index >= 15 is 0 Å². The number of hydrogen-bond donors (Lipinski definition) is 1. The van der Waals surface area contributed by atoms with Gasteiger partial charge in [0.15, 0.2) is 5.43 Å². The van der Waals surface area contributed by atoms with E-state index in [1.807, 2.05) is 18.2 Å². The number of rotatable bonds is 4. The average Bonchev–Trinajstić information content (AvgIpc) is 2.31. The van der Waals surface area contributed by atoms with Crippen LogP contribution in [0.5, 0.6) is 0 Å². The van der Waals surface area contributed by atoms with Crippen LogP contribution < -0.4 is 5.43 Å². The standard InChI is InChI=1S/C13H15NO3/c1-16-7-9-3-4-12-11(5-9)13(15)6-10(14-12)8-17-2/h3-6H,7-8H2,1-2H3,(H,14,15). The number of H-pyrrole nitrogens is 1. The first-order chi connectivity index (χ1) is 8.24. The van der Waals surface area contributed by atoms with Gasteiger partial charge in [0.25, 0.3) is 0 Å². The topological polar surface area (TPSA) is 51.3 Å². The highest BCUT2D eigenvalue weighted by molar-refractivity contribution is 5.79. The molecule has 1 aromatic heterocycles. The van der Waals surface area contributed by atoms with E-state index in [1.54, 1.807) is 20.3 Å². The zero-order chi connectivity index (χ0) is 12.3. The van der Waals surface area contributed by atoms with E-state index in [2.05, 4.69) is 4.98 Å². The van der Waals surface area contributed by atoms with Gasteiger partial charge in [-0.15, -0.1) is 0 Å². The van der Waals surface area contributed by atoms with Crippen molar-refractivity contribution in [2.45, 2.75) is 13.2 Å². The van der Waals surface area contributed by atoms with Crippen molar-refractivity contribution in [2.75, 3.05) is 14.2 Å². The summed E-state index contributed by atoms with van der Waals surface area (Å²) in [6.07, 6.45) is 0. The minimum absolute atomic E-state index is 0.00348. The Kier molecular flexibility index (Phi) is 3.56. The largest absolute Gasteiger partial charge is 0.380 e. The summed E-state index contributed by atoms with van der Waals surface area (Å²) in [5, 5.41) is 0.680. The van der Waals surface area contributed by atoms with Gasteiger partial charge in [0.1, 0.15) is 0 Å². The second-order valence-corrected chi connectivity index (χ2v) is 3.90. The molecule has 2 aromatic rings. The van der Waals surface area contributed by atoms with Crippen molar-refractivity contribution in [2.24, 2.45) is 0 Å². The summed E-state index contributed by atoms with van der Waals surface area (Å²) < 4.78 is 10.1. The number of ether oxygens (including phenoxy) is 2. The normalized spacial score (nSPS) is 10.9. The molecule has 1 aromatic carbocycles. The number of fused-ring (bicyclic) bond motifs is 1. The minimum atomic E-state index is 0.00348. The van der Waals surface area contributed by atoms with E-state index in [1.165, 1.54) is 0 Å². The molecule has 17 heavy (non-hydrogen) atoms. The highest BCUT2D eigenvalue weighted by Crippen LogP contribution is 2.12. The maximum absolute atomic E-state index is 11.9. The molecule has 0 aliphatic heterocycles. The van der Waals surface area contributed by atoms with Gasteiger partial charge < -0.3 is 14.5 Å². The van der Waals surface area contributed by atoms with E-state index in [9.17, 15) is 4.79 Å². The Labute approximate surface area is 99.2 Å². The van der Waals surface area contributed by atoms with Crippen LogP contribution in [0.4, 0.5) is 0 Å². The van der Waals surface area contributed by atoms with Gasteiger partial charge in [-0.05, 0) is 17.7 Å². The fraction of sp³-hybridized carbons (Fsp3) is 0.308. The summed E-state index contributed by atoms with van der Waals surface area (Å²) in [7, 11) is 3.24. The molecule has 0 radical (unpaired) electrons. The van der Waals surface area contributed by atoms with Crippen LogP contribution in [-0.2, 0) is 22.7 Å². The van der Waals surface area contributed by atoms with E-state index in [-0.39, 0.29) is 5.43 Å². The molecule has 2 rings (SSSR count). The SMILES string of the molecule is COCc1ccc2[nH]c(COC)cc(=O)c2c1. The molecule has 0 aliphatic rings.